The van der Waals surface area contributed by atoms with Gasteiger partial charge in [-0.3, -0.25) is 9.36 Å². The second-order valence-corrected chi connectivity index (χ2v) is 5.13. The molecule has 1 unspecified atom stereocenters. The molecular formula is C13H20F2N4O2. The lowest BCUT2D eigenvalue weighted by molar-refractivity contribution is -0.134. The number of rotatable bonds is 5. The average Bonchev–Trinajstić information content (AvgIpc) is 2.97. The monoisotopic (exact) mass is 302 g/mol. The Kier molecular flexibility index (Phi) is 5.24. The van der Waals surface area contributed by atoms with Gasteiger partial charge in [-0.05, 0) is 19.9 Å². The van der Waals surface area contributed by atoms with E-state index < -0.39 is 12.7 Å². The predicted molar refractivity (Wildman–Crippen MR) is 71.7 cm³/mol. The lowest BCUT2D eigenvalue weighted by Crippen LogP contribution is -2.44. The van der Waals surface area contributed by atoms with Crippen LogP contribution in [0.15, 0.2) is 12.4 Å². The van der Waals surface area contributed by atoms with Gasteiger partial charge in [0, 0.05) is 31.5 Å². The lowest BCUT2D eigenvalue weighted by Gasteiger charge is -2.32. The fraction of sp³-hybridized carbons (Fsp3) is 0.692. The Bertz CT molecular complexity index is 472. The van der Waals surface area contributed by atoms with Crippen LogP contribution in [0.25, 0.3) is 0 Å². The molecule has 1 fully saturated rings. The number of aliphatic hydroxyl groups is 1. The molecule has 1 amide bonds. The van der Waals surface area contributed by atoms with Gasteiger partial charge in [0.1, 0.15) is 11.9 Å². The highest BCUT2D eigenvalue weighted by molar-refractivity contribution is 5.76. The zero-order valence-corrected chi connectivity index (χ0v) is 11.9. The minimum Gasteiger partial charge on any atom is -0.385 e. The summed E-state index contributed by atoms with van der Waals surface area (Å²) in [6.45, 7) is -1.56. The summed E-state index contributed by atoms with van der Waals surface area (Å²) >= 11 is 0. The van der Waals surface area contributed by atoms with E-state index in [1.165, 1.54) is 6.20 Å². The van der Waals surface area contributed by atoms with E-state index in [1.807, 2.05) is 7.05 Å². The number of piperidine rings is 1. The number of carbonyl (C=O) groups excluding carboxylic acids is 1. The zero-order chi connectivity index (χ0) is 15.4. The van der Waals surface area contributed by atoms with Gasteiger partial charge in [0.15, 0.2) is 0 Å². The topological polar surface area (TPSA) is 70.4 Å². The molecule has 0 aliphatic carbocycles. The maximum atomic E-state index is 12.7. The molecule has 0 bridgehead atoms. The van der Waals surface area contributed by atoms with Crippen LogP contribution in [-0.2, 0) is 4.79 Å². The summed E-state index contributed by atoms with van der Waals surface area (Å²) in [6.07, 6.45) is 2.44. The fourth-order valence-corrected chi connectivity index (χ4v) is 2.55. The summed E-state index contributed by atoms with van der Waals surface area (Å²) in [7, 11) is 1.88. The van der Waals surface area contributed by atoms with Gasteiger partial charge in [-0.2, -0.15) is 8.78 Å². The number of amides is 1. The van der Waals surface area contributed by atoms with Crippen molar-refractivity contribution in [1.29, 1.82) is 0 Å². The first-order valence-electron chi connectivity index (χ1n) is 6.97. The van der Waals surface area contributed by atoms with Gasteiger partial charge in [0.2, 0.25) is 5.91 Å². The molecule has 1 aliphatic heterocycles. The highest BCUT2D eigenvalue weighted by Gasteiger charge is 2.26. The van der Waals surface area contributed by atoms with Crippen LogP contribution in [0.1, 0.15) is 37.7 Å². The molecule has 118 valence electrons. The summed E-state index contributed by atoms with van der Waals surface area (Å²) in [5, 5.41) is 13.1. The number of carbonyl (C=O) groups is 1. The minimum absolute atomic E-state index is 0.177. The van der Waals surface area contributed by atoms with Crippen LogP contribution >= 0.6 is 0 Å². The van der Waals surface area contributed by atoms with Crippen molar-refractivity contribution in [3.8, 4) is 0 Å². The number of aromatic nitrogens is 2. The van der Waals surface area contributed by atoms with Gasteiger partial charge in [-0.1, -0.05) is 0 Å². The highest BCUT2D eigenvalue weighted by atomic mass is 19.3. The standard InChI is InChI=1S/C13H20F2N4O2/c1-16-9-2-5-18(6-3-9)11(21)8-10(20)12-17-4-7-19(12)13(14)15/h4,7,9-10,13,16,20H,2-3,5-6,8H2,1H3. The largest absolute Gasteiger partial charge is 0.385 e. The molecule has 8 heteroatoms. The smallest absolute Gasteiger partial charge is 0.320 e. The van der Waals surface area contributed by atoms with Crippen molar-refractivity contribution in [2.45, 2.75) is 38.0 Å². The van der Waals surface area contributed by atoms with Gasteiger partial charge in [-0.15, -0.1) is 0 Å². The van der Waals surface area contributed by atoms with E-state index in [9.17, 15) is 18.7 Å². The number of likely N-dealkylation sites (tertiary alicyclic amines) is 1. The molecule has 0 saturated carbocycles. The molecule has 2 rings (SSSR count). The molecule has 1 aliphatic rings. The molecule has 0 radical (unpaired) electrons. The van der Waals surface area contributed by atoms with Crippen molar-refractivity contribution < 1.29 is 18.7 Å². The van der Waals surface area contributed by atoms with Crippen LogP contribution in [0, 0.1) is 0 Å². The normalized spacial score (nSPS) is 18.2. The third kappa shape index (κ3) is 3.76. The maximum absolute atomic E-state index is 12.7. The van der Waals surface area contributed by atoms with Crippen LogP contribution < -0.4 is 5.32 Å². The molecule has 1 aromatic heterocycles. The van der Waals surface area contributed by atoms with Crippen LogP contribution in [0.5, 0.6) is 0 Å². The Hall–Kier alpha value is -1.54. The summed E-state index contributed by atoms with van der Waals surface area (Å²) in [5.41, 5.74) is 0. The molecule has 1 atom stereocenters. The summed E-state index contributed by atoms with van der Waals surface area (Å²) in [5.74, 6) is -0.413. The third-order valence-electron chi connectivity index (χ3n) is 3.83. The number of halogens is 2. The van der Waals surface area contributed by atoms with Crippen LogP contribution in [0.2, 0.25) is 0 Å². The minimum atomic E-state index is -2.78. The Labute approximate surface area is 121 Å². The number of nitrogens with one attached hydrogen (secondary N) is 1. The first kappa shape index (κ1) is 15.8. The molecule has 2 heterocycles. The van der Waals surface area contributed by atoms with Crippen LogP contribution in [0.4, 0.5) is 8.78 Å². The van der Waals surface area contributed by atoms with Gasteiger partial charge in [0.25, 0.3) is 0 Å². The first-order valence-corrected chi connectivity index (χ1v) is 6.97. The molecule has 1 aromatic rings. The molecule has 6 nitrogen and oxygen atoms in total. The molecule has 0 aromatic carbocycles. The Balaban J connectivity index is 1.92. The van der Waals surface area contributed by atoms with Gasteiger partial charge in [0.05, 0.1) is 6.42 Å². The SMILES string of the molecule is CNC1CCN(C(=O)CC(O)c2nccn2C(F)F)CC1. The molecule has 21 heavy (non-hydrogen) atoms. The first-order chi connectivity index (χ1) is 10.0. The van der Waals surface area contributed by atoms with Crippen molar-refractivity contribution >= 4 is 5.91 Å². The van der Waals surface area contributed by atoms with E-state index in [-0.39, 0.29) is 18.2 Å². The van der Waals surface area contributed by atoms with E-state index in [2.05, 4.69) is 10.3 Å². The van der Waals surface area contributed by atoms with E-state index >= 15 is 0 Å². The van der Waals surface area contributed by atoms with Gasteiger partial charge in [-0.25, -0.2) is 4.98 Å². The van der Waals surface area contributed by atoms with Gasteiger partial charge < -0.3 is 15.3 Å². The molecular weight excluding hydrogens is 282 g/mol. The Morgan fingerprint density at radius 1 is 1.52 bits per heavy atom. The number of nitrogens with zero attached hydrogens (tertiary/aromatic N) is 3. The third-order valence-corrected chi connectivity index (χ3v) is 3.83. The summed E-state index contributed by atoms with van der Waals surface area (Å²) in [4.78, 5) is 17.5. The van der Waals surface area contributed by atoms with Crippen molar-refractivity contribution in [3.63, 3.8) is 0 Å². The van der Waals surface area contributed by atoms with Crippen molar-refractivity contribution in [3.05, 3.63) is 18.2 Å². The second kappa shape index (κ2) is 6.95. The van der Waals surface area contributed by atoms with E-state index in [0.29, 0.717) is 23.7 Å². The van der Waals surface area contributed by atoms with E-state index in [4.69, 9.17) is 0 Å². The average molecular weight is 302 g/mol. The number of imidazole rings is 1. The van der Waals surface area contributed by atoms with Crippen molar-refractivity contribution in [2.24, 2.45) is 0 Å². The predicted octanol–water partition coefficient (Wildman–Crippen LogP) is 0.912. The number of hydrogen-bond donors (Lipinski definition) is 2. The van der Waals surface area contributed by atoms with Crippen molar-refractivity contribution in [1.82, 2.24) is 19.8 Å². The van der Waals surface area contributed by atoms with E-state index in [1.54, 1.807) is 4.90 Å². The highest BCUT2D eigenvalue weighted by Crippen LogP contribution is 2.22. The molecule has 0 spiro atoms. The lowest BCUT2D eigenvalue weighted by atomic mass is 10.0. The zero-order valence-electron chi connectivity index (χ0n) is 11.9. The summed E-state index contributed by atoms with van der Waals surface area (Å²) < 4.78 is 26.0. The van der Waals surface area contributed by atoms with Crippen LogP contribution in [-0.4, -0.2) is 51.6 Å². The number of hydrogen-bond acceptors (Lipinski definition) is 4. The van der Waals surface area contributed by atoms with Crippen LogP contribution in [0.3, 0.4) is 0 Å². The van der Waals surface area contributed by atoms with Gasteiger partial charge >= 0.3 is 6.55 Å². The summed E-state index contributed by atoms with van der Waals surface area (Å²) in [6, 6.07) is 0.400. The molecule has 1 saturated heterocycles. The number of aliphatic hydroxyl groups excluding tert-OH is 1. The quantitative estimate of drug-likeness (QED) is 0.848. The number of alkyl halides is 2. The maximum Gasteiger partial charge on any atom is 0.320 e. The fourth-order valence-electron chi connectivity index (χ4n) is 2.55. The Morgan fingerprint density at radius 2 is 2.19 bits per heavy atom. The van der Waals surface area contributed by atoms with E-state index in [0.717, 1.165) is 19.0 Å². The van der Waals surface area contributed by atoms with Crippen molar-refractivity contribution in [2.75, 3.05) is 20.1 Å². The second-order valence-electron chi connectivity index (χ2n) is 5.13. The Morgan fingerprint density at radius 3 is 2.76 bits per heavy atom. The molecule has 2 N–H and O–H groups in total.